The van der Waals surface area contributed by atoms with Crippen LogP contribution in [0.2, 0.25) is 0 Å². The molecule has 1 aliphatic rings. The number of nitrogens with one attached hydrogen (secondary N) is 2. The van der Waals surface area contributed by atoms with Crippen molar-refractivity contribution in [3.8, 4) is 0 Å². The number of nitrogens with two attached hydrogens (primary N) is 1. The third-order valence-electron chi connectivity index (χ3n) is 3.56. The predicted molar refractivity (Wildman–Crippen MR) is 81.6 cm³/mol. The number of rotatable bonds is 6. The zero-order chi connectivity index (χ0) is 14.2. The topological polar surface area (TPSA) is 70.4 Å². The van der Waals surface area contributed by atoms with E-state index in [1.165, 1.54) is 25.9 Å². The van der Waals surface area contributed by atoms with Crippen molar-refractivity contribution in [2.75, 3.05) is 31.5 Å². The van der Waals surface area contributed by atoms with Crippen molar-refractivity contribution in [1.82, 2.24) is 10.2 Å². The molecular weight excluding hydrogens is 252 g/mol. The summed E-state index contributed by atoms with van der Waals surface area (Å²) in [5.41, 5.74) is 7.37. The molecule has 0 spiro atoms. The van der Waals surface area contributed by atoms with Gasteiger partial charge in [0.2, 0.25) is 0 Å². The first-order chi connectivity index (χ1) is 9.78. The number of nitrogens with zero attached hydrogens (tertiary/aromatic N) is 1. The van der Waals surface area contributed by atoms with Gasteiger partial charge in [-0.25, -0.2) is 4.79 Å². The monoisotopic (exact) mass is 276 g/mol. The Hall–Kier alpha value is -1.59. The molecule has 1 heterocycles. The Labute approximate surface area is 120 Å². The van der Waals surface area contributed by atoms with Crippen molar-refractivity contribution >= 4 is 11.7 Å². The normalized spacial score (nSPS) is 15.2. The second-order valence-electron chi connectivity index (χ2n) is 5.19. The lowest BCUT2D eigenvalue weighted by atomic mass is 10.2. The van der Waals surface area contributed by atoms with Gasteiger partial charge in [-0.3, -0.25) is 0 Å². The first-order valence-corrected chi connectivity index (χ1v) is 7.34. The minimum Gasteiger partial charge on any atom is -0.338 e. The van der Waals surface area contributed by atoms with Gasteiger partial charge in [0.05, 0.1) is 0 Å². The standard InChI is InChI=1S/C15H24N4O/c16-12-13-5-3-6-14(11-13)18-15(20)17-7-4-10-19-8-1-2-9-19/h3,5-6,11H,1-2,4,7-10,12,16H2,(H2,17,18,20). The van der Waals surface area contributed by atoms with Gasteiger partial charge < -0.3 is 21.3 Å². The summed E-state index contributed by atoms with van der Waals surface area (Å²) in [6.45, 7) is 4.67. The van der Waals surface area contributed by atoms with Crippen LogP contribution in [0.5, 0.6) is 0 Å². The van der Waals surface area contributed by atoms with E-state index in [1.54, 1.807) is 0 Å². The Kier molecular flexibility index (Phi) is 5.83. The van der Waals surface area contributed by atoms with E-state index in [0.717, 1.165) is 24.2 Å². The number of hydrogen-bond donors (Lipinski definition) is 3. The molecule has 1 fully saturated rings. The maximum absolute atomic E-state index is 11.7. The zero-order valence-electron chi connectivity index (χ0n) is 11.9. The SMILES string of the molecule is NCc1cccc(NC(=O)NCCCN2CCCC2)c1. The molecule has 0 bridgehead atoms. The molecule has 1 aromatic carbocycles. The van der Waals surface area contributed by atoms with E-state index >= 15 is 0 Å². The van der Waals surface area contributed by atoms with Gasteiger partial charge in [-0.15, -0.1) is 0 Å². The van der Waals surface area contributed by atoms with Gasteiger partial charge in [-0.05, 0) is 56.6 Å². The smallest absolute Gasteiger partial charge is 0.319 e. The van der Waals surface area contributed by atoms with Gasteiger partial charge in [-0.2, -0.15) is 0 Å². The molecule has 1 saturated heterocycles. The van der Waals surface area contributed by atoms with E-state index in [1.807, 2.05) is 24.3 Å². The largest absolute Gasteiger partial charge is 0.338 e. The van der Waals surface area contributed by atoms with Gasteiger partial charge in [0, 0.05) is 18.8 Å². The molecule has 0 aliphatic carbocycles. The van der Waals surface area contributed by atoms with Crippen LogP contribution in [0, 0.1) is 0 Å². The van der Waals surface area contributed by atoms with Crippen LogP contribution >= 0.6 is 0 Å². The molecule has 0 saturated carbocycles. The molecule has 5 nitrogen and oxygen atoms in total. The summed E-state index contributed by atoms with van der Waals surface area (Å²) in [6, 6.07) is 7.44. The summed E-state index contributed by atoms with van der Waals surface area (Å²) in [5.74, 6) is 0. The van der Waals surface area contributed by atoms with Crippen LogP contribution in [0.25, 0.3) is 0 Å². The van der Waals surface area contributed by atoms with E-state index in [4.69, 9.17) is 5.73 Å². The summed E-state index contributed by atoms with van der Waals surface area (Å²) < 4.78 is 0. The number of benzene rings is 1. The second-order valence-corrected chi connectivity index (χ2v) is 5.19. The highest BCUT2D eigenvalue weighted by Crippen LogP contribution is 2.10. The summed E-state index contributed by atoms with van der Waals surface area (Å²) in [7, 11) is 0. The number of carbonyl (C=O) groups is 1. The quantitative estimate of drug-likeness (QED) is 0.693. The molecule has 1 aromatic rings. The fourth-order valence-electron chi connectivity index (χ4n) is 2.46. The Bertz CT molecular complexity index is 430. The van der Waals surface area contributed by atoms with Crippen molar-refractivity contribution in [2.24, 2.45) is 5.73 Å². The van der Waals surface area contributed by atoms with Gasteiger partial charge in [0.1, 0.15) is 0 Å². The fraction of sp³-hybridized carbons (Fsp3) is 0.533. The summed E-state index contributed by atoms with van der Waals surface area (Å²) in [4.78, 5) is 14.2. The van der Waals surface area contributed by atoms with Crippen molar-refractivity contribution in [1.29, 1.82) is 0 Å². The van der Waals surface area contributed by atoms with Crippen molar-refractivity contribution in [3.05, 3.63) is 29.8 Å². The van der Waals surface area contributed by atoms with Crippen LogP contribution in [0.15, 0.2) is 24.3 Å². The van der Waals surface area contributed by atoms with Crippen LogP contribution in [0.3, 0.4) is 0 Å². The number of amides is 2. The number of urea groups is 1. The maximum Gasteiger partial charge on any atom is 0.319 e. The molecule has 1 aliphatic heterocycles. The zero-order valence-corrected chi connectivity index (χ0v) is 11.9. The predicted octanol–water partition coefficient (Wildman–Crippen LogP) is 1.75. The molecule has 0 atom stereocenters. The molecule has 20 heavy (non-hydrogen) atoms. The Morgan fingerprint density at radius 1 is 1.30 bits per heavy atom. The van der Waals surface area contributed by atoms with E-state index in [0.29, 0.717) is 13.1 Å². The van der Waals surface area contributed by atoms with Crippen LogP contribution in [-0.4, -0.2) is 37.1 Å². The van der Waals surface area contributed by atoms with E-state index in [2.05, 4.69) is 15.5 Å². The lowest BCUT2D eigenvalue weighted by Gasteiger charge is -2.14. The second kappa shape index (κ2) is 7.87. The Morgan fingerprint density at radius 2 is 2.10 bits per heavy atom. The van der Waals surface area contributed by atoms with Crippen molar-refractivity contribution in [3.63, 3.8) is 0 Å². The van der Waals surface area contributed by atoms with Crippen LogP contribution in [0.1, 0.15) is 24.8 Å². The summed E-state index contributed by atoms with van der Waals surface area (Å²) >= 11 is 0. The third-order valence-corrected chi connectivity index (χ3v) is 3.56. The first kappa shape index (κ1) is 14.8. The molecular formula is C15H24N4O. The highest BCUT2D eigenvalue weighted by Gasteiger charge is 2.10. The Morgan fingerprint density at radius 3 is 2.85 bits per heavy atom. The number of carbonyl (C=O) groups excluding carboxylic acids is 1. The fourth-order valence-corrected chi connectivity index (χ4v) is 2.46. The average Bonchev–Trinajstić information content (AvgIpc) is 2.97. The first-order valence-electron chi connectivity index (χ1n) is 7.34. The molecule has 5 heteroatoms. The van der Waals surface area contributed by atoms with Gasteiger partial charge in [0.25, 0.3) is 0 Å². The molecule has 110 valence electrons. The highest BCUT2D eigenvalue weighted by atomic mass is 16.2. The van der Waals surface area contributed by atoms with Crippen LogP contribution in [0.4, 0.5) is 10.5 Å². The Balaban J connectivity index is 1.64. The van der Waals surface area contributed by atoms with Crippen LogP contribution < -0.4 is 16.4 Å². The van der Waals surface area contributed by atoms with Gasteiger partial charge in [0.15, 0.2) is 0 Å². The van der Waals surface area contributed by atoms with E-state index in [9.17, 15) is 4.79 Å². The minimum absolute atomic E-state index is 0.152. The van der Waals surface area contributed by atoms with Crippen LogP contribution in [-0.2, 0) is 6.54 Å². The summed E-state index contributed by atoms with van der Waals surface area (Å²) in [6.07, 6.45) is 3.62. The number of likely N-dealkylation sites (tertiary alicyclic amines) is 1. The van der Waals surface area contributed by atoms with Crippen molar-refractivity contribution in [2.45, 2.75) is 25.8 Å². The maximum atomic E-state index is 11.7. The third kappa shape index (κ3) is 4.83. The lowest BCUT2D eigenvalue weighted by molar-refractivity contribution is 0.251. The molecule has 0 aromatic heterocycles. The molecule has 4 N–H and O–H groups in total. The van der Waals surface area contributed by atoms with Crippen molar-refractivity contribution < 1.29 is 4.79 Å². The van der Waals surface area contributed by atoms with E-state index < -0.39 is 0 Å². The van der Waals surface area contributed by atoms with Gasteiger partial charge in [-0.1, -0.05) is 12.1 Å². The molecule has 0 radical (unpaired) electrons. The van der Waals surface area contributed by atoms with Gasteiger partial charge >= 0.3 is 6.03 Å². The number of anilines is 1. The highest BCUT2D eigenvalue weighted by molar-refractivity contribution is 5.89. The summed E-state index contributed by atoms with van der Waals surface area (Å²) in [5, 5.41) is 5.71. The number of hydrogen-bond acceptors (Lipinski definition) is 3. The average molecular weight is 276 g/mol. The van der Waals surface area contributed by atoms with E-state index in [-0.39, 0.29) is 6.03 Å². The molecule has 0 unspecified atom stereocenters. The lowest BCUT2D eigenvalue weighted by Crippen LogP contribution is -2.31. The molecule has 2 amide bonds. The molecule has 2 rings (SSSR count). The minimum atomic E-state index is -0.152.